The Bertz CT molecular complexity index is 1590. The van der Waals surface area contributed by atoms with E-state index in [0.29, 0.717) is 10.1 Å². The largest absolute Gasteiger partial charge is 0.457 e. The maximum atomic E-state index is 6.35. The number of benzene rings is 3. The molecule has 6 rings (SSSR count). The second kappa shape index (κ2) is 10.3. The molecule has 2 atom stereocenters. The van der Waals surface area contributed by atoms with Crippen LogP contribution in [0.4, 0.5) is 5.69 Å². The number of thiocarbonyl (C=S) groups is 1. The van der Waals surface area contributed by atoms with Gasteiger partial charge in [-0.05, 0) is 97.5 Å². The number of hydrogen-bond donors (Lipinski definition) is 1. The van der Waals surface area contributed by atoms with E-state index < -0.39 is 0 Å². The van der Waals surface area contributed by atoms with E-state index in [1.165, 1.54) is 0 Å². The van der Waals surface area contributed by atoms with Crippen LogP contribution in [0.15, 0.2) is 116 Å². The molecule has 0 aliphatic carbocycles. The molecule has 1 aliphatic rings. The van der Waals surface area contributed by atoms with Gasteiger partial charge in [0.05, 0.1) is 11.7 Å². The van der Waals surface area contributed by atoms with E-state index in [2.05, 4.69) is 32.0 Å². The topological polar surface area (TPSA) is 42.3 Å². The lowest BCUT2D eigenvalue weighted by atomic mass is 10.0. The maximum Gasteiger partial charge on any atom is 0.174 e. The molecular formula is C31H25ClN4OS. The number of nitrogens with zero attached hydrogens (tertiary/aromatic N) is 3. The summed E-state index contributed by atoms with van der Waals surface area (Å²) in [5.74, 6) is 1.60. The first-order valence-corrected chi connectivity index (χ1v) is 13.1. The zero-order valence-corrected chi connectivity index (χ0v) is 22.2. The molecule has 1 N–H and O–H groups in total. The highest BCUT2D eigenvalue weighted by molar-refractivity contribution is 7.80. The van der Waals surface area contributed by atoms with Crippen LogP contribution in [0.3, 0.4) is 0 Å². The summed E-state index contributed by atoms with van der Waals surface area (Å²) in [6.07, 6.45) is 3.86. The summed E-state index contributed by atoms with van der Waals surface area (Å²) in [6.45, 7) is 2.04. The second-order valence-electron chi connectivity index (χ2n) is 9.14. The van der Waals surface area contributed by atoms with Crippen molar-refractivity contribution in [3.63, 3.8) is 0 Å². The molecule has 2 aromatic heterocycles. The highest BCUT2D eigenvalue weighted by Crippen LogP contribution is 2.42. The van der Waals surface area contributed by atoms with Crippen molar-refractivity contribution < 1.29 is 4.74 Å². The molecular weight excluding hydrogens is 512 g/mol. The van der Waals surface area contributed by atoms with E-state index in [9.17, 15) is 0 Å². The molecule has 1 saturated heterocycles. The van der Waals surface area contributed by atoms with E-state index in [0.717, 1.165) is 39.8 Å². The van der Waals surface area contributed by atoms with Crippen molar-refractivity contribution in [3.05, 3.63) is 137 Å². The minimum atomic E-state index is -0.158. The predicted molar refractivity (Wildman–Crippen MR) is 156 cm³/mol. The van der Waals surface area contributed by atoms with Crippen molar-refractivity contribution in [2.75, 3.05) is 4.90 Å². The van der Waals surface area contributed by atoms with Gasteiger partial charge in [0.1, 0.15) is 17.5 Å². The molecule has 0 bridgehead atoms. The number of anilines is 1. The van der Waals surface area contributed by atoms with Gasteiger partial charge in [0, 0.05) is 34.5 Å². The van der Waals surface area contributed by atoms with Crippen molar-refractivity contribution >= 4 is 34.6 Å². The monoisotopic (exact) mass is 536 g/mol. The van der Waals surface area contributed by atoms with Gasteiger partial charge in [0.25, 0.3) is 0 Å². The zero-order chi connectivity index (χ0) is 26.1. The van der Waals surface area contributed by atoms with E-state index in [1.54, 1.807) is 0 Å². The van der Waals surface area contributed by atoms with Gasteiger partial charge in [-0.2, -0.15) is 0 Å². The van der Waals surface area contributed by atoms with Crippen molar-refractivity contribution in [1.29, 1.82) is 0 Å². The first-order valence-electron chi connectivity index (χ1n) is 12.4. The van der Waals surface area contributed by atoms with Crippen LogP contribution in [0.2, 0.25) is 5.02 Å². The Labute approximate surface area is 232 Å². The number of ether oxygens (including phenoxy) is 1. The van der Waals surface area contributed by atoms with Crippen LogP contribution in [-0.2, 0) is 0 Å². The van der Waals surface area contributed by atoms with Crippen LogP contribution in [0.5, 0.6) is 11.5 Å². The van der Waals surface area contributed by atoms with Crippen molar-refractivity contribution in [2.45, 2.75) is 19.0 Å². The molecule has 7 heteroatoms. The number of aromatic nitrogens is 2. The maximum absolute atomic E-state index is 6.35. The third-order valence-corrected chi connectivity index (χ3v) is 7.25. The van der Waals surface area contributed by atoms with E-state index >= 15 is 0 Å². The molecule has 0 spiro atoms. The number of hydrogen-bond acceptors (Lipinski definition) is 3. The van der Waals surface area contributed by atoms with Crippen LogP contribution in [0.1, 0.15) is 29.0 Å². The minimum Gasteiger partial charge on any atom is -0.457 e. The average molecular weight is 537 g/mol. The number of nitrogens with one attached hydrogen (secondary N) is 1. The second-order valence-corrected chi connectivity index (χ2v) is 9.96. The zero-order valence-electron chi connectivity index (χ0n) is 20.7. The van der Waals surface area contributed by atoms with Gasteiger partial charge in [-0.3, -0.25) is 4.98 Å². The summed E-state index contributed by atoms with van der Waals surface area (Å²) in [4.78, 5) is 6.83. The molecule has 188 valence electrons. The summed E-state index contributed by atoms with van der Waals surface area (Å²) in [5.41, 5.74) is 5.01. The fraction of sp³-hybridized carbons (Fsp3) is 0.0968. The van der Waals surface area contributed by atoms with Crippen LogP contribution >= 0.6 is 23.8 Å². The van der Waals surface area contributed by atoms with E-state index in [-0.39, 0.29) is 12.1 Å². The Morgan fingerprint density at radius 3 is 2.45 bits per heavy atom. The number of aryl methyl sites for hydroxylation is 1. The Balaban J connectivity index is 1.40. The molecule has 3 aromatic carbocycles. The molecule has 38 heavy (non-hydrogen) atoms. The number of halogens is 1. The van der Waals surface area contributed by atoms with Crippen LogP contribution in [-0.4, -0.2) is 14.7 Å². The Morgan fingerprint density at radius 2 is 1.68 bits per heavy atom. The lowest BCUT2D eigenvalue weighted by molar-refractivity contribution is 0.479. The van der Waals surface area contributed by atoms with Gasteiger partial charge < -0.3 is 19.5 Å². The van der Waals surface area contributed by atoms with Crippen LogP contribution in [0.25, 0.3) is 5.69 Å². The standard InChI is InChI=1S/C31H25ClN4OS/c1-21-8-2-3-13-28(21)37-25-16-14-23(15-17-25)36-30(29(34-31(36)38)26-11-4-5-18-33-26)27-12-7-19-35(27)24-10-6-9-22(32)20-24/h2-20,29-30H,1H3,(H,34,38)/t29-,30+/m0/s1. The molecule has 0 radical (unpaired) electrons. The van der Waals surface area contributed by atoms with Crippen LogP contribution in [0, 0.1) is 6.92 Å². The molecule has 5 nitrogen and oxygen atoms in total. The third kappa shape index (κ3) is 4.64. The third-order valence-electron chi connectivity index (χ3n) is 6.70. The van der Waals surface area contributed by atoms with Gasteiger partial charge in [0.15, 0.2) is 5.11 Å². The summed E-state index contributed by atoms with van der Waals surface area (Å²) in [7, 11) is 0. The fourth-order valence-corrected chi connectivity index (χ4v) is 5.43. The van der Waals surface area contributed by atoms with Gasteiger partial charge in [0.2, 0.25) is 0 Å². The minimum absolute atomic E-state index is 0.153. The van der Waals surface area contributed by atoms with Crippen molar-refractivity contribution in [3.8, 4) is 17.2 Å². The lowest BCUT2D eigenvalue weighted by Gasteiger charge is -2.29. The number of rotatable bonds is 6. The van der Waals surface area contributed by atoms with E-state index in [1.807, 2.05) is 110 Å². The summed E-state index contributed by atoms with van der Waals surface area (Å²) < 4.78 is 8.30. The molecule has 5 aromatic rings. The summed E-state index contributed by atoms with van der Waals surface area (Å²) in [5, 5.41) is 4.85. The molecule has 1 aliphatic heterocycles. The molecule has 0 amide bonds. The fourth-order valence-electron chi connectivity index (χ4n) is 4.90. The SMILES string of the molecule is Cc1ccccc1Oc1ccc(N2C(=S)N[C@@H](c3ccccn3)[C@H]2c2cccn2-c2cccc(Cl)c2)cc1. The predicted octanol–water partition coefficient (Wildman–Crippen LogP) is 7.80. The van der Waals surface area contributed by atoms with Gasteiger partial charge in [-0.25, -0.2) is 0 Å². The normalized spacial score (nSPS) is 16.9. The van der Waals surface area contributed by atoms with Gasteiger partial charge >= 0.3 is 0 Å². The van der Waals surface area contributed by atoms with Crippen molar-refractivity contribution in [2.24, 2.45) is 0 Å². The van der Waals surface area contributed by atoms with Gasteiger partial charge in [-0.15, -0.1) is 0 Å². The Kier molecular flexibility index (Phi) is 6.58. The quantitative estimate of drug-likeness (QED) is 0.224. The summed E-state index contributed by atoms with van der Waals surface area (Å²) >= 11 is 12.3. The molecule has 3 heterocycles. The highest BCUT2D eigenvalue weighted by atomic mass is 35.5. The number of pyridine rings is 1. The Hall–Kier alpha value is -4.13. The molecule has 0 unspecified atom stereocenters. The molecule has 0 saturated carbocycles. The lowest BCUT2D eigenvalue weighted by Crippen LogP contribution is -2.30. The van der Waals surface area contributed by atoms with Crippen LogP contribution < -0.4 is 15.0 Å². The smallest absolute Gasteiger partial charge is 0.174 e. The average Bonchev–Trinajstić information content (AvgIpc) is 3.55. The van der Waals surface area contributed by atoms with E-state index in [4.69, 9.17) is 28.6 Å². The molecule has 1 fully saturated rings. The Morgan fingerprint density at radius 1 is 0.868 bits per heavy atom. The summed E-state index contributed by atoms with van der Waals surface area (Å²) in [6, 6.07) is 33.7. The van der Waals surface area contributed by atoms with Crippen molar-refractivity contribution in [1.82, 2.24) is 14.9 Å². The first-order chi connectivity index (χ1) is 18.6. The first kappa shape index (κ1) is 24.2. The number of para-hydroxylation sites is 1. The van der Waals surface area contributed by atoms with Gasteiger partial charge in [-0.1, -0.05) is 41.9 Å². The highest BCUT2D eigenvalue weighted by Gasteiger charge is 2.42.